The van der Waals surface area contributed by atoms with Gasteiger partial charge in [0.05, 0.1) is 19.6 Å². The monoisotopic (exact) mass is 361 g/mol. The van der Waals surface area contributed by atoms with Crippen LogP contribution in [0.25, 0.3) is 33.0 Å². The Balaban J connectivity index is 2.04. The lowest BCUT2D eigenvalue weighted by Gasteiger charge is -2.11. The van der Waals surface area contributed by atoms with E-state index < -0.39 is 0 Å². The fourth-order valence-corrected chi connectivity index (χ4v) is 3.60. The summed E-state index contributed by atoms with van der Waals surface area (Å²) in [6, 6.07) is 16.4. The number of fused-ring (bicyclic) bond motifs is 3. The molecule has 1 aromatic heterocycles. The van der Waals surface area contributed by atoms with Crippen LogP contribution in [-0.4, -0.2) is 19.4 Å². The zero-order valence-electron chi connectivity index (χ0n) is 15.9. The first kappa shape index (κ1) is 17.4. The molecule has 0 aliphatic rings. The number of benzene rings is 3. The van der Waals surface area contributed by atoms with Gasteiger partial charge in [-0.05, 0) is 35.9 Å². The summed E-state index contributed by atoms with van der Waals surface area (Å²) in [6.07, 6.45) is 3.24. The molecule has 0 atom stereocenters. The fourth-order valence-electron chi connectivity index (χ4n) is 3.60. The summed E-state index contributed by atoms with van der Waals surface area (Å²) >= 11 is 0. The van der Waals surface area contributed by atoms with Gasteiger partial charge < -0.3 is 14.0 Å². The third-order valence-electron chi connectivity index (χ3n) is 4.99. The van der Waals surface area contributed by atoms with Crippen molar-refractivity contribution in [2.75, 3.05) is 14.2 Å². The third kappa shape index (κ3) is 3.01. The SMILES string of the molecule is CCCCc1cc2cc(OC)c(OC)cc2c2onc(-c3ccccc3)c12. The van der Waals surface area contributed by atoms with Gasteiger partial charge in [0.1, 0.15) is 5.69 Å². The number of aryl methyl sites for hydroxylation is 1. The summed E-state index contributed by atoms with van der Waals surface area (Å²) < 4.78 is 16.8. The standard InChI is InChI=1S/C23H23NO3/c1-4-5-9-16-12-17-13-19(25-2)20(26-3)14-18(17)23-21(16)22(24-27-23)15-10-7-6-8-11-15/h6-8,10-14H,4-5,9H2,1-3H3. The van der Waals surface area contributed by atoms with E-state index in [9.17, 15) is 0 Å². The van der Waals surface area contributed by atoms with E-state index in [4.69, 9.17) is 14.0 Å². The molecular weight excluding hydrogens is 338 g/mol. The molecule has 0 aliphatic heterocycles. The highest BCUT2D eigenvalue weighted by Crippen LogP contribution is 2.40. The molecule has 0 spiro atoms. The van der Waals surface area contributed by atoms with Crippen molar-refractivity contribution < 1.29 is 14.0 Å². The largest absolute Gasteiger partial charge is 0.493 e. The van der Waals surface area contributed by atoms with E-state index in [0.29, 0.717) is 11.5 Å². The van der Waals surface area contributed by atoms with Gasteiger partial charge >= 0.3 is 0 Å². The summed E-state index contributed by atoms with van der Waals surface area (Å²) in [5, 5.41) is 7.58. The Morgan fingerprint density at radius 1 is 0.963 bits per heavy atom. The van der Waals surface area contributed by atoms with Crippen LogP contribution in [0.4, 0.5) is 0 Å². The molecule has 0 saturated heterocycles. The Morgan fingerprint density at radius 3 is 2.41 bits per heavy atom. The van der Waals surface area contributed by atoms with Gasteiger partial charge in [-0.25, -0.2) is 0 Å². The van der Waals surface area contributed by atoms with E-state index in [0.717, 1.165) is 52.3 Å². The van der Waals surface area contributed by atoms with Crippen LogP contribution < -0.4 is 9.47 Å². The maximum atomic E-state index is 5.86. The average molecular weight is 361 g/mol. The molecule has 1 heterocycles. The fraction of sp³-hybridized carbons (Fsp3) is 0.261. The van der Waals surface area contributed by atoms with Crippen molar-refractivity contribution in [3.05, 3.63) is 54.1 Å². The highest BCUT2D eigenvalue weighted by Gasteiger charge is 2.19. The zero-order chi connectivity index (χ0) is 18.8. The molecule has 0 saturated carbocycles. The summed E-state index contributed by atoms with van der Waals surface area (Å²) in [7, 11) is 3.30. The molecule has 4 heteroatoms. The molecule has 0 amide bonds. The van der Waals surface area contributed by atoms with E-state index in [1.165, 1.54) is 5.56 Å². The quantitative estimate of drug-likeness (QED) is 0.422. The van der Waals surface area contributed by atoms with Crippen molar-refractivity contribution in [2.45, 2.75) is 26.2 Å². The van der Waals surface area contributed by atoms with Gasteiger partial charge in [0, 0.05) is 10.9 Å². The van der Waals surface area contributed by atoms with Gasteiger partial charge in [-0.1, -0.05) is 54.9 Å². The molecule has 0 bridgehead atoms. The van der Waals surface area contributed by atoms with Crippen LogP contribution in [0.2, 0.25) is 0 Å². The summed E-state index contributed by atoms with van der Waals surface area (Å²) in [5.41, 5.74) is 4.02. The molecule has 4 rings (SSSR count). The maximum absolute atomic E-state index is 5.86. The minimum atomic E-state index is 0.685. The summed E-state index contributed by atoms with van der Waals surface area (Å²) in [4.78, 5) is 0. The van der Waals surface area contributed by atoms with Gasteiger partial charge in [-0.3, -0.25) is 0 Å². The third-order valence-corrected chi connectivity index (χ3v) is 4.99. The highest BCUT2D eigenvalue weighted by atomic mass is 16.5. The summed E-state index contributed by atoms with van der Waals surface area (Å²) in [6.45, 7) is 2.21. The number of hydrogen-bond donors (Lipinski definition) is 0. The van der Waals surface area contributed by atoms with Crippen LogP contribution in [-0.2, 0) is 6.42 Å². The second-order valence-electron chi connectivity index (χ2n) is 6.67. The molecule has 3 aromatic carbocycles. The smallest absolute Gasteiger partial charge is 0.175 e. The Morgan fingerprint density at radius 2 is 1.70 bits per heavy atom. The van der Waals surface area contributed by atoms with Crippen LogP contribution in [0, 0.1) is 0 Å². The minimum absolute atomic E-state index is 0.685. The first-order chi connectivity index (χ1) is 13.3. The first-order valence-electron chi connectivity index (χ1n) is 9.29. The second-order valence-corrected chi connectivity index (χ2v) is 6.67. The Kier molecular flexibility index (Phi) is 4.71. The van der Waals surface area contributed by atoms with Gasteiger partial charge in [-0.2, -0.15) is 0 Å². The van der Waals surface area contributed by atoms with Crippen molar-refractivity contribution in [1.82, 2.24) is 5.16 Å². The lowest BCUT2D eigenvalue weighted by molar-refractivity contribution is 0.356. The predicted octanol–water partition coefficient (Wildman–Crippen LogP) is 6.01. The van der Waals surface area contributed by atoms with E-state index in [1.807, 2.05) is 30.3 Å². The molecule has 0 radical (unpaired) electrons. The van der Waals surface area contributed by atoms with Crippen molar-refractivity contribution in [3.8, 4) is 22.8 Å². The van der Waals surface area contributed by atoms with Crippen LogP contribution in [0.5, 0.6) is 11.5 Å². The van der Waals surface area contributed by atoms with Crippen LogP contribution in [0.15, 0.2) is 53.1 Å². The highest BCUT2D eigenvalue weighted by molar-refractivity contribution is 6.11. The second kappa shape index (κ2) is 7.31. The zero-order valence-corrected chi connectivity index (χ0v) is 15.9. The normalized spacial score (nSPS) is 11.2. The van der Waals surface area contributed by atoms with E-state index in [1.54, 1.807) is 14.2 Å². The Labute approximate surface area is 158 Å². The van der Waals surface area contributed by atoms with Crippen LogP contribution >= 0.6 is 0 Å². The minimum Gasteiger partial charge on any atom is -0.493 e. The number of aromatic nitrogens is 1. The van der Waals surface area contributed by atoms with Gasteiger partial charge in [0.15, 0.2) is 17.1 Å². The molecule has 4 nitrogen and oxygen atoms in total. The van der Waals surface area contributed by atoms with E-state index in [-0.39, 0.29) is 0 Å². The number of hydrogen-bond acceptors (Lipinski definition) is 4. The van der Waals surface area contributed by atoms with Crippen molar-refractivity contribution in [3.63, 3.8) is 0 Å². The molecule has 0 fully saturated rings. The number of methoxy groups -OCH3 is 2. The maximum Gasteiger partial charge on any atom is 0.175 e. The lowest BCUT2D eigenvalue weighted by atomic mass is 9.95. The van der Waals surface area contributed by atoms with E-state index in [2.05, 4.69) is 30.3 Å². The van der Waals surface area contributed by atoms with Crippen molar-refractivity contribution >= 4 is 21.7 Å². The summed E-state index contributed by atoms with van der Waals surface area (Å²) in [5.74, 6) is 1.40. The van der Waals surface area contributed by atoms with Crippen molar-refractivity contribution in [2.24, 2.45) is 0 Å². The number of nitrogens with zero attached hydrogens (tertiary/aromatic N) is 1. The number of unbranched alkanes of at least 4 members (excludes halogenated alkanes) is 1. The average Bonchev–Trinajstić information content (AvgIpc) is 3.17. The molecule has 27 heavy (non-hydrogen) atoms. The number of ether oxygens (including phenoxy) is 2. The van der Waals surface area contributed by atoms with Crippen LogP contribution in [0.1, 0.15) is 25.3 Å². The molecule has 138 valence electrons. The molecule has 0 aliphatic carbocycles. The molecule has 0 N–H and O–H groups in total. The number of rotatable bonds is 6. The topological polar surface area (TPSA) is 44.5 Å². The van der Waals surface area contributed by atoms with Crippen molar-refractivity contribution in [1.29, 1.82) is 0 Å². The van der Waals surface area contributed by atoms with Gasteiger partial charge in [-0.15, -0.1) is 0 Å². The molecule has 0 unspecified atom stereocenters. The predicted molar refractivity (Wildman–Crippen MR) is 109 cm³/mol. The lowest BCUT2D eigenvalue weighted by Crippen LogP contribution is -1.93. The first-order valence-corrected chi connectivity index (χ1v) is 9.29. The van der Waals surface area contributed by atoms with Gasteiger partial charge in [0.25, 0.3) is 0 Å². The molecular formula is C23H23NO3. The van der Waals surface area contributed by atoms with Gasteiger partial charge in [0.2, 0.25) is 0 Å². The van der Waals surface area contributed by atoms with E-state index >= 15 is 0 Å². The van der Waals surface area contributed by atoms with Crippen LogP contribution in [0.3, 0.4) is 0 Å². The molecule has 4 aromatic rings. The Bertz CT molecular complexity index is 1080. The Hall–Kier alpha value is -3.01.